The van der Waals surface area contributed by atoms with E-state index < -0.39 is 5.92 Å². The van der Waals surface area contributed by atoms with Crippen LogP contribution in [0.4, 0.5) is 0 Å². The topological polar surface area (TPSA) is 61.8 Å². The lowest BCUT2D eigenvalue weighted by Gasteiger charge is -2.16. The zero-order valence-electron chi connectivity index (χ0n) is 12.5. The van der Waals surface area contributed by atoms with Gasteiger partial charge < -0.3 is 19.0 Å². The number of ether oxygens (including phenoxy) is 3. The molecule has 5 heteroatoms. The van der Waals surface area contributed by atoms with Gasteiger partial charge in [-0.1, -0.05) is 6.92 Å². The molecule has 1 rings (SSSR count). The summed E-state index contributed by atoms with van der Waals surface area (Å²) in [5.41, 5.74) is 0.338. The Bertz CT molecular complexity index is 482. The van der Waals surface area contributed by atoms with Gasteiger partial charge >= 0.3 is 0 Å². The summed E-state index contributed by atoms with van der Waals surface area (Å²) in [6.45, 7) is 3.18. The molecule has 0 aliphatic heterocycles. The van der Waals surface area contributed by atoms with Crippen molar-refractivity contribution in [3.8, 4) is 17.2 Å². The average Bonchev–Trinajstić information content (AvgIpc) is 2.43. The van der Waals surface area contributed by atoms with E-state index >= 15 is 0 Å². The molecule has 5 nitrogen and oxygen atoms in total. The largest absolute Gasteiger partial charge is 0.496 e. The third kappa shape index (κ3) is 3.50. The molecule has 0 radical (unpaired) electrons. The lowest BCUT2D eigenvalue weighted by atomic mass is 9.93. The van der Waals surface area contributed by atoms with E-state index in [-0.39, 0.29) is 18.0 Å². The number of benzene rings is 1. The van der Waals surface area contributed by atoms with Gasteiger partial charge in [-0.3, -0.25) is 4.79 Å². The summed E-state index contributed by atoms with van der Waals surface area (Å²) in [6, 6.07) is 3.24. The third-order valence-electron chi connectivity index (χ3n) is 3.00. The van der Waals surface area contributed by atoms with Crippen LogP contribution in [-0.2, 0) is 4.79 Å². The highest BCUT2D eigenvalue weighted by Crippen LogP contribution is 2.36. The predicted molar refractivity (Wildman–Crippen MR) is 74.9 cm³/mol. The van der Waals surface area contributed by atoms with Crippen molar-refractivity contribution in [1.29, 1.82) is 0 Å². The van der Waals surface area contributed by atoms with Gasteiger partial charge in [0, 0.05) is 24.5 Å². The van der Waals surface area contributed by atoms with Gasteiger partial charge in [0.05, 0.1) is 21.3 Å². The van der Waals surface area contributed by atoms with Crippen molar-refractivity contribution in [3.63, 3.8) is 0 Å². The van der Waals surface area contributed by atoms with E-state index in [0.29, 0.717) is 22.8 Å². The molecule has 0 aromatic heterocycles. The van der Waals surface area contributed by atoms with E-state index in [1.807, 2.05) is 0 Å². The Balaban J connectivity index is 3.27. The van der Waals surface area contributed by atoms with E-state index in [4.69, 9.17) is 14.2 Å². The second-order valence-electron chi connectivity index (χ2n) is 4.58. The van der Waals surface area contributed by atoms with E-state index in [0.717, 1.165) is 0 Å². The molecule has 1 aromatic carbocycles. The van der Waals surface area contributed by atoms with Crippen molar-refractivity contribution in [3.05, 3.63) is 17.7 Å². The van der Waals surface area contributed by atoms with Crippen molar-refractivity contribution < 1.29 is 23.8 Å². The minimum Gasteiger partial charge on any atom is -0.496 e. The van der Waals surface area contributed by atoms with Crippen molar-refractivity contribution in [2.45, 2.75) is 20.3 Å². The second kappa shape index (κ2) is 6.93. The van der Waals surface area contributed by atoms with Crippen molar-refractivity contribution in [2.24, 2.45) is 5.92 Å². The first-order valence-electron chi connectivity index (χ1n) is 6.28. The molecule has 0 heterocycles. The Hall–Kier alpha value is -2.04. The number of carbonyl (C=O) groups is 2. The fraction of sp³-hybridized carbons (Fsp3) is 0.467. The SMILES string of the molecule is COc1cc(OC)c(C(=O)C(C)CC(C)=O)c(OC)c1. The Labute approximate surface area is 118 Å². The van der Waals surface area contributed by atoms with Gasteiger partial charge in [0.25, 0.3) is 0 Å². The number of hydrogen-bond donors (Lipinski definition) is 0. The van der Waals surface area contributed by atoms with E-state index in [9.17, 15) is 9.59 Å². The molecule has 0 fully saturated rings. The Morgan fingerprint density at radius 2 is 1.55 bits per heavy atom. The van der Waals surface area contributed by atoms with E-state index in [1.54, 1.807) is 19.1 Å². The third-order valence-corrected chi connectivity index (χ3v) is 3.00. The normalized spacial score (nSPS) is 11.7. The average molecular weight is 280 g/mol. The highest BCUT2D eigenvalue weighted by atomic mass is 16.5. The maximum atomic E-state index is 12.5. The van der Waals surface area contributed by atoms with Crippen LogP contribution in [-0.4, -0.2) is 32.9 Å². The fourth-order valence-electron chi connectivity index (χ4n) is 2.02. The molecule has 1 atom stereocenters. The zero-order chi connectivity index (χ0) is 15.3. The molecule has 0 aliphatic rings. The van der Waals surface area contributed by atoms with Crippen LogP contribution in [0.1, 0.15) is 30.6 Å². The summed E-state index contributed by atoms with van der Waals surface area (Å²) in [4.78, 5) is 23.7. The van der Waals surface area contributed by atoms with Gasteiger partial charge in [0.2, 0.25) is 0 Å². The Morgan fingerprint density at radius 1 is 1.05 bits per heavy atom. The number of methoxy groups -OCH3 is 3. The molecule has 0 saturated heterocycles. The zero-order valence-corrected chi connectivity index (χ0v) is 12.5. The van der Waals surface area contributed by atoms with E-state index in [1.165, 1.54) is 28.3 Å². The van der Waals surface area contributed by atoms with Crippen LogP contribution in [0.15, 0.2) is 12.1 Å². The number of hydrogen-bond acceptors (Lipinski definition) is 5. The van der Waals surface area contributed by atoms with Gasteiger partial charge in [-0.2, -0.15) is 0 Å². The highest BCUT2D eigenvalue weighted by Gasteiger charge is 2.25. The lowest BCUT2D eigenvalue weighted by molar-refractivity contribution is -0.117. The highest BCUT2D eigenvalue weighted by molar-refractivity contribution is 6.04. The molecule has 1 aromatic rings. The Kier molecular flexibility index (Phi) is 5.55. The molecular formula is C15H20O5. The predicted octanol–water partition coefficient (Wildman–Crippen LogP) is 2.51. The number of ketones is 2. The van der Waals surface area contributed by atoms with Crippen LogP contribution in [0.25, 0.3) is 0 Å². The summed E-state index contributed by atoms with van der Waals surface area (Å²) in [7, 11) is 4.47. The quantitative estimate of drug-likeness (QED) is 0.718. The minimum absolute atomic E-state index is 0.0303. The first-order chi connectivity index (χ1) is 9.44. The minimum atomic E-state index is -0.427. The van der Waals surface area contributed by atoms with Gasteiger partial charge in [0.1, 0.15) is 28.6 Å². The first-order valence-corrected chi connectivity index (χ1v) is 6.28. The van der Waals surface area contributed by atoms with Crippen LogP contribution in [0.2, 0.25) is 0 Å². The summed E-state index contributed by atoms with van der Waals surface area (Å²) >= 11 is 0. The monoisotopic (exact) mass is 280 g/mol. The maximum absolute atomic E-state index is 12.5. The molecule has 110 valence electrons. The van der Waals surface area contributed by atoms with Crippen molar-refractivity contribution >= 4 is 11.6 Å². The Morgan fingerprint density at radius 3 is 1.90 bits per heavy atom. The maximum Gasteiger partial charge on any atom is 0.173 e. The number of rotatable bonds is 7. The molecule has 0 spiro atoms. The first kappa shape index (κ1) is 16.0. The lowest BCUT2D eigenvalue weighted by Crippen LogP contribution is -2.16. The van der Waals surface area contributed by atoms with Gasteiger partial charge in [-0.05, 0) is 6.92 Å². The fourth-order valence-corrected chi connectivity index (χ4v) is 2.02. The van der Waals surface area contributed by atoms with Gasteiger partial charge in [0.15, 0.2) is 5.78 Å². The van der Waals surface area contributed by atoms with E-state index in [2.05, 4.69) is 0 Å². The molecule has 0 N–H and O–H groups in total. The standard InChI is InChI=1S/C15H20O5/c1-9(6-10(2)16)15(17)14-12(19-4)7-11(18-3)8-13(14)20-5/h7-9H,6H2,1-5H3. The van der Waals surface area contributed by atoms with Crippen LogP contribution in [0.5, 0.6) is 17.2 Å². The second-order valence-corrected chi connectivity index (χ2v) is 4.58. The molecule has 1 unspecified atom stereocenters. The molecular weight excluding hydrogens is 260 g/mol. The van der Waals surface area contributed by atoms with Crippen LogP contribution >= 0.6 is 0 Å². The molecule has 0 aliphatic carbocycles. The molecule has 20 heavy (non-hydrogen) atoms. The van der Waals surface area contributed by atoms with Crippen LogP contribution in [0.3, 0.4) is 0 Å². The van der Waals surface area contributed by atoms with Crippen LogP contribution < -0.4 is 14.2 Å². The molecule has 0 bridgehead atoms. The summed E-state index contributed by atoms with van der Waals surface area (Å²) in [5, 5.41) is 0. The number of carbonyl (C=O) groups excluding carboxylic acids is 2. The van der Waals surface area contributed by atoms with Crippen molar-refractivity contribution in [1.82, 2.24) is 0 Å². The molecule has 0 saturated carbocycles. The van der Waals surface area contributed by atoms with Gasteiger partial charge in [-0.25, -0.2) is 0 Å². The molecule has 0 amide bonds. The summed E-state index contributed by atoms with van der Waals surface area (Å²) < 4.78 is 15.6. The summed E-state index contributed by atoms with van der Waals surface area (Å²) in [5.74, 6) is 0.648. The smallest absolute Gasteiger partial charge is 0.173 e. The number of Topliss-reactive ketones (excluding diaryl/α,β-unsaturated/α-hetero) is 2. The van der Waals surface area contributed by atoms with Gasteiger partial charge in [-0.15, -0.1) is 0 Å². The van der Waals surface area contributed by atoms with Crippen LogP contribution in [0, 0.1) is 5.92 Å². The van der Waals surface area contributed by atoms with Crippen molar-refractivity contribution in [2.75, 3.05) is 21.3 Å². The summed E-state index contributed by atoms with van der Waals surface area (Å²) in [6.07, 6.45) is 0.192.